The summed E-state index contributed by atoms with van der Waals surface area (Å²) in [4.78, 5) is 11.1. The minimum Gasteiger partial charge on any atom is -0.397 e. The number of nitrogen functional groups attached to an aromatic ring is 1. The molecule has 0 aliphatic carbocycles. The van der Waals surface area contributed by atoms with Gasteiger partial charge in [-0.2, -0.15) is 5.26 Å². The number of nitrogens with zero attached hydrogens (tertiary/aromatic N) is 1. The average molecular weight is 244 g/mol. The zero-order chi connectivity index (χ0) is 11.4. The summed E-state index contributed by atoms with van der Waals surface area (Å²) in [7, 11) is 0. The van der Waals surface area contributed by atoms with Gasteiger partial charge in [-0.15, -0.1) is 0 Å². The van der Waals surface area contributed by atoms with Crippen LogP contribution in [0.1, 0.15) is 6.42 Å². The third kappa shape index (κ3) is 3.01. The van der Waals surface area contributed by atoms with E-state index in [0.29, 0.717) is 16.4 Å². The highest BCUT2D eigenvalue weighted by Gasteiger charge is 2.07. The van der Waals surface area contributed by atoms with Crippen molar-refractivity contribution in [2.45, 2.75) is 6.42 Å². The van der Waals surface area contributed by atoms with Crippen LogP contribution in [-0.4, -0.2) is 5.91 Å². The molecule has 0 aliphatic rings. The maximum atomic E-state index is 11.1. The lowest BCUT2D eigenvalue weighted by Gasteiger charge is -2.07. The van der Waals surface area contributed by atoms with Crippen molar-refractivity contribution >= 4 is 40.5 Å². The van der Waals surface area contributed by atoms with Crippen molar-refractivity contribution in [2.24, 2.45) is 0 Å². The van der Waals surface area contributed by atoms with Crippen LogP contribution in [0, 0.1) is 11.3 Å². The molecule has 78 valence electrons. The summed E-state index contributed by atoms with van der Waals surface area (Å²) >= 11 is 11.4. The second kappa shape index (κ2) is 4.87. The van der Waals surface area contributed by atoms with E-state index in [-0.39, 0.29) is 11.4 Å². The summed E-state index contributed by atoms with van der Waals surface area (Å²) in [5, 5.41) is 11.3. The largest absolute Gasteiger partial charge is 0.397 e. The lowest BCUT2D eigenvalue weighted by Crippen LogP contribution is -2.11. The molecule has 0 unspecified atom stereocenters. The Kier molecular flexibility index (Phi) is 3.78. The molecule has 0 radical (unpaired) electrons. The number of carbonyl (C=O) groups is 1. The first-order valence-corrected chi connectivity index (χ1v) is 4.71. The number of nitriles is 1. The number of hydrogen-bond donors (Lipinski definition) is 2. The monoisotopic (exact) mass is 243 g/mol. The average Bonchev–Trinajstić information content (AvgIpc) is 2.14. The first-order chi connectivity index (χ1) is 7.04. The van der Waals surface area contributed by atoms with Crippen LogP contribution in [0.25, 0.3) is 0 Å². The number of nitrogens with one attached hydrogen (secondary N) is 1. The van der Waals surface area contributed by atoms with Crippen molar-refractivity contribution < 1.29 is 4.79 Å². The molecule has 1 aromatic rings. The molecule has 4 nitrogen and oxygen atoms in total. The van der Waals surface area contributed by atoms with Gasteiger partial charge in [0.25, 0.3) is 0 Å². The summed E-state index contributed by atoms with van der Waals surface area (Å²) < 4.78 is 0. The fourth-order valence-corrected chi connectivity index (χ4v) is 1.27. The number of nitrogens with two attached hydrogens (primary N) is 1. The molecule has 0 atom stereocenters. The van der Waals surface area contributed by atoms with E-state index in [4.69, 9.17) is 34.2 Å². The molecule has 0 saturated heterocycles. The van der Waals surface area contributed by atoms with E-state index >= 15 is 0 Å². The molecule has 1 rings (SSSR count). The predicted octanol–water partition coefficient (Wildman–Crippen LogP) is 2.43. The van der Waals surface area contributed by atoms with Gasteiger partial charge in [0.15, 0.2) is 0 Å². The van der Waals surface area contributed by atoms with E-state index in [0.717, 1.165) is 0 Å². The molecule has 3 N–H and O–H groups in total. The van der Waals surface area contributed by atoms with Crippen LogP contribution < -0.4 is 11.1 Å². The van der Waals surface area contributed by atoms with Crippen LogP contribution in [0.2, 0.25) is 10.0 Å². The maximum absolute atomic E-state index is 11.1. The van der Waals surface area contributed by atoms with Gasteiger partial charge in [0.1, 0.15) is 6.42 Å². The molecule has 1 aromatic carbocycles. The third-order valence-corrected chi connectivity index (χ3v) is 2.33. The highest BCUT2D eigenvalue weighted by molar-refractivity contribution is 6.42. The Bertz CT molecular complexity index is 440. The summed E-state index contributed by atoms with van der Waals surface area (Å²) in [5.74, 6) is -0.442. The molecule has 0 spiro atoms. The first-order valence-electron chi connectivity index (χ1n) is 3.96. The number of benzene rings is 1. The highest BCUT2D eigenvalue weighted by Crippen LogP contribution is 2.30. The standard InChI is InChI=1S/C9H7Cl2N3O/c10-5-3-7(13)8(4-6(5)11)14-9(15)1-2-12/h3-4H,1,13H2,(H,14,15). The Morgan fingerprint density at radius 1 is 1.47 bits per heavy atom. The lowest BCUT2D eigenvalue weighted by atomic mass is 10.2. The van der Waals surface area contributed by atoms with Gasteiger partial charge in [0.05, 0.1) is 27.5 Å². The molecular weight excluding hydrogens is 237 g/mol. The van der Waals surface area contributed by atoms with Gasteiger partial charge in [-0.05, 0) is 12.1 Å². The predicted molar refractivity (Wildman–Crippen MR) is 59.7 cm³/mol. The van der Waals surface area contributed by atoms with Gasteiger partial charge in [-0.1, -0.05) is 23.2 Å². The second-order valence-corrected chi connectivity index (χ2v) is 3.55. The Labute approximate surface area is 96.6 Å². The Morgan fingerprint density at radius 2 is 2.07 bits per heavy atom. The molecule has 0 bridgehead atoms. The Balaban J connectivity index is 2.92. The van der Waals surface area contributed by atoms with Gasteiger partial charge in [0.2, 0.25) is 5.91 Å². The topological polar surface area (TPSA) is 78.9 Å². The van der Waals surface area contributed by atoms with Crippen molar-refractivity contribution in [3.63, 3.8) is 0 Å². The molecule has 6 heteroatoms. The van der Waals surface area contributed by atoms with E-state index in [1.165, 1.54) is 12.1 Å². The number of amides is 1. The van der Waals surface area contributed by atoms with Gasteiger partial charge in [-0.3, -0.25) is 4.79 Å². The van der Waals surface area contributed by atoms with E-state index in [1.54, 1.807) is 6.07 Å². The van der Waals surface area contributed by atoms with E-state index in [1.807, 2.05) is 0 Å². The fourth-order valence-electron chi connectivity index (χ4n) is 0.937. The maximum Gasteiger partial charge on any atom is 0.238 e. The summed E-state index contributed by atoms with van der Waals surface area (Å²) in [6.07, 6.45) is -0.236. The van der Waals surface area contributed by atoms with E-state index in [2.05, 4.69) is 5.32 Å². The fraction of sp³-hybridized carbons (Fsp3) is 0.111. The van der Waals surface area contributed by atoms with Crippen LogP contribution in [0.4, 0.5) is 11.4 Å². The summed E-state index contributed by atoms with van der Waals surface area (Å²) in [6, 6.07) is 4.60. The molecule has 0 aliphatic heterocycles. The zero-order valence-corrected chi connectivity index (χ0v) is 9.06. The van der Waals surface area contributed by atoms with Crippen LogP contribution in [0.15, 0.2) is 12.1 Å². The number of hydrogen-bond acceptors (Lipinski definition) is 3. The highest BCUT2D eigenvalue weighted by atomic mass is 35.5. The summed E-state index contributed by atoms with van der Waals surface area (Å²) in [6.45, 7) is 0. The van der Waals surface area contributed by atoms with Crippen molar-refractivity contribution in [3.05, 3.63) is 22.2 Å². The van der Waals surface area contributed by atoms with E-state index < -0.39 is 5.91 Å². The van der Waals surface area contributed by atoms with Gasteiger partial charge in [0, 0.05) is 0 Å². The lowest BCUT2D eigenvalue weighted by molar-refractivity contribution is -0.115. The summed E-state index contributed by atoms with van der Waals surface area (Å²) in [5.41, 5.74) is 6.25. The van der Waals surface area contributed by atoms with Crippen LogP contribution in [0.5, 0.6) is 0 Å². The quantitative estimate of drug-likeness (QED) is 0.784. The molecular formula is C9H7Cl2N3O. The van der Waals surface area contributed by atoms with Crippen molar-refractivity contribution in [3.8, 4) is 6.07 Å². The molecule has 1 amide bonds. The van der Waals surface area contributed by atoms with Crippen molar-refractivity contribution in [1.29, 1.82) is 5.26 Å². The molecule has 15 heavy (non-hydrogen) atoms. The van der Waals surface area contributed by atoms with Crippen molar-refractivity contribution in [2.75, 3.05) is 11.1 Å². The van der Waals surface area contributed by atoms with E-state index in [9.17, 15) is 4.79 Å². The first kappa shape index (κ1) is 11.6. The Morgan fingerprint density at radius 3 is 2.67 bits per heavy atom. The molecule has 0 aromatic heterocycles. The number of carbonyl (C=O) groups excluding carboxylic acids is 1. The smallest absolute Gasteiger partial charge is 0.238 e. The normalized spacial score (nSPS) is 9.40. The number of rotatable bonds is 2. The molecule has 0 heterocycles. The third-order valence-electron chi connectivity index (χ3n) is 1.61. The zero-order valence-electron chi connectivity index (χ0n) is 7.55. The van der Waals surface area contributed by atoms with Gasteiger partial charge < -0.3 is 11.1 Å². The van der Waals surface area contributed by atoms with Gasteiger partial charge >= 0.3 is 0 Å². The minimum absolute atomic E-state index is 0.236. The van der Waals surface area contributed by atoms with Gasteiger partial charge in [-0.25, -0.2) is 0 Å². The van der Waals surface area contributed by atoms with Crippen LogP contribution >= 0.6 is 23.2 Å². The van der Waals surface area contributed by atoms with Crippen LogP contribution in [-0.2, 0) is 4.79 Å². The molecule has 0 saturated carbocycles. The number of halogens is 2. The second-order valence-electron chi connectivity index (χ2n) is 2.74. The Hall–Kier alpha value is -1.44. The number of anilines is 2. The SMILES string of the molecule is N#CCC(=O)Nc1cc(Cl)c(Cl)cc1N. The van der Waals surface area contributed by atoms with Crippen molar-refractivity contribution in [1.82, 2.24) is 0 Å². The van der Waals surface area contributed by atoms with Crippen LogP contribution in [0.3, 0.4) is 0 Å². The minimum atomic E-state index is -0.442. The molecule has 0 fully saturated rings.